The van der Waals surface area contributed by atoms with Crippen LogP contribution in [0.1, 0.15) is 33.6 Å². The zero-order valence-electron chi connectivity index (χ0n) is 17.2. The molecule has 0 aromatic carbocycles. The Labute approximate surface area is 171 Å². The minimum atomic E-state index is -1.75. The number of ether oxygens (including phenoxy) is 1. The number of cyclic esters (lactones) is 1. The molecule has 154 valence electrons. The van der Waals surface area contributed by atoms with Crippen LogP contribution in [0, 0.1) is 0 Å². The number of hydrogen-bond acceptors (Lipinski definition) is 6. The number of fused-ring (bicyclic) bond motifs is 1. The van der Waals surface area contributed by atoms with Crippen LogP contribution in [0.5, 0.6) is 0 Å². The van der Waals surface area contributed by atoms with Gasteiger partial charge in [-0.15, -0.1) is 11.8 Å². The summed E-state index contributed by atoms with van der Waals surface area (Å²) in [6.07, 6.45) is 1.05. The average molecular weight is 424 g/mol. The fourth-order valence-corrected chi connectivity index (χ4v) is 4.66. The van der Waals surface area contributed by atoms with Gasteiger partial charge in [0.1, 0.15) is 17.7 Å². The Morgan fingerprint density at radius 3 is 2.82 bits per heavy atom. The first-order chi connectivity index (χ1) is 13.1. The van der Waals surface area contributed by atoms with Crippen molar-refractivity contribution in [2.45, 2.75) is 62.7 Å². The first kappa shape index (κ1) is 21.1. The molecule has 3 heterocycles. The van der Waals surface area contributed by atoms with E-state index >= 15 is 0 Å². The molecule has 1 aromatic heterocycles. The van der Waals surface area contributed by atoms with E-state index in [1.54, 1.807) is 6.07 Å². The molecule has 7 nitrogen and oxygen atoms in total. The molecule has 0 saturated carbocycles. The van der Waals surface area contributed by atoms with Crippen molar-refractivity contribution in [3.05, 3.63) is 12.1 Å². The lowest BCUT2D eigenvalue weighted by atomic mass is 10.2. The quantitative estimate of drug-likeness (QED) is 0.544. The summed E-state index contributed by atoms with van der Waals surface area (Å²) in [4.78, 5) is 30.7. The second kappa shape index (κ2) is 8.04. The largest absolute Gasteiger partial charge is 0.444 e. The smallest absolute Gasteiger partial charge is 0.415 e. The number of anilines is 2. The molecule has 0 bridgehead atoms. The van der Waals surface area contributed by atoms with Gasteiger partial charge in [0, 0.05) is 6.61 Å². The second-order valence-corrected chi connectivity index (χ2v) is 14.5. The predicted octanol–water partition coefficient (Wildman–Crippen LogP) is 4.25. The lowest BCUT2D eigenvalue weighted by Crippen LogP contribution is -2.41. The number of thioether (sulfide) groups is 1. The number of rotatable bonds is 6. The number of carbonyl (C=O) groups excluding carboxylic acids is 2. The topological polar surface area (TPSA) is 80.8 Å². The van der Waals surface area contributed by atoms with E-state index in [-0.39, 0.29) is 17.0 Å². The van der Waals surface area contributed by atoms with Crippen LogP contribution in [0.15, 0.2) is 17.0 Å². The van der Waals surface area contributed by atoms with Gasteiger partial charge in [0.15, 0.2) is 8.32 Å². The molecule has 2 amide bonds. The number of nitrogens with one attached hydrogen (secondary N) is 1. The summed E-state index contributed by atoms with van der Waals surface area (Å²) in [5, 5.41) is 2.95. The molecule has 28 heavy (non-hydrogen) atoms. The molecule has 1 aromatic rings. The third-order valence-electron chi connectivity index (χ3n) is 5.55. The van der Waals surface area contributed by atoms with Crippen molar-refractivity contribution in [2.24, 2.45) is 0 Å². The Kier molecular flexibility index (Phi) is 6.07. The Balaban J connectivity index is 1.53. The molecule has 9 heteroatoms. The molecular weight excluding hydrogens is 394 g/mol. The van der Waals surface area contributed by atoms with E-state index in [0.29, 0.717) is 30.5 Å². The SMILES string of the molecule is CC(C)(C)[Si](C)(C)OCCCC1CN(c2ccc3c(n2)NC(=O)CS3)C(=O)O1. The molecule has 0 spiro atoms. The van der Waals surface area contributed by atoms with Crippen molar-refractivity contribution in [3.8, 4) is 0 Å². The summed E-state index contributed by atoms with van der Waals surface area (Å²) in [5.41, 5.74) is 0. The average Bonchev–Trinajstić information content (AvgIpc) is 2.98. The van der Waals surface area contributed by atoms with Crippen molar-refractivity contribution in [3.63, 3.8) is 0 Å². The van der Waals surface area contributed by atoms with Gasteiger partial charge in [0.05, 0.1) is 17.2 Å². The molecule has 0 aliphatic carbocycles. The molecular formula is C19H29N3O4SSi. The van der Waals surface area contributed by atoms with Crippen molar-refractivity contribution in [1.29, 1.82) is 0 Å². The van der Waals surface area contributed by atoms with Crippen LogP contribution in [0.2, 0.25) is 18.1 Å². The summed E-state index contributed by atoms with van der Waals surface area (Å²) in [7, 11) is -1.75. The Hall–Kier alpha value is -1.58. The highest BCUT2D eigenvalue weighted by Crippen LogP contribution is 2.37. The van der Waals surface area contributed by atoms with Crippen LogP contribution in [0.25, 0.3) is 0 Å². The maximum atomic E-state index is 12.3. The number of pyridine rings is 1. The standard InChI is InChI=1S/C19H29N3O4SSi/c1-19(2,3)28(4,5)25-10-6-7-13-11-22(18(24)26-13)15-9-8-14-17(20-15)21-16(23)12-27-14/h8-9,13H,6-7,10-12H2,1-5H3,(H,20,21,23). The van der Waals surface area contributed by atoms with Crippen molar-refractivity contribution in [2.75, 3.05) is 29.1 Å². The van der Waals surface area contributed by atoms with E-state index in [4.69, 9.17) is 9.16 Å². The van der Waals surface area contributed by atoms with Crippen LogP contribution in [-0.4, -0.2) is 50.3 Å². The summed E-state index contributed by atoms with van der Waals surface area (Å²) >= 11 is 1.45. The first-order valence-corrected chi connectivity index (χ1v) is 13.5. The fraction of sp³-hybridized carbons (Fsp3) is 0.632. The molecule has 1 N–H and O–H groups in total. The minimum absolute atomic E-state index is 0.0780. The van der Waals surface area contributed by atoms with Gasteiger partial charge in [-0.1, -0.05) is 20.8 Å². The highest BCUT2D eigenvalue weighted by molar-refractivity contribution is 8.00. The molecule has 1 unspecified atom stereocenters. The number of nitrogens with zero attached hydrogens (tertiary/aromatic N) is 2. The molecule has 1 fully saturated rings. The van der Waals surface area contributed by atoms with Crippen LogP contribution in [-0.2, 0) is 14.0 Å². The third-order valence-corrected chi connectivity index (χ3v) is 11.1. The second-order valence-electron chi connectivity index (χ2n) is 8.72. The zero-order chi connectivity index (χ0) is 20.5. The third kappa shape index (κ3) is 4.69. The molecule has 2 aliphatic rings. The summed E-state index contributed by atoms with van der Waals surface area (Å²) in [6, 6.07) is 3.68. The van der Waals surface area contributed by atoms with E-state index in [9.17, 15) is 9.59 Å². The van der Waals surface area contributed by atoms with Crippen LogP contribution in [0.3, 0.4) is 0 Å². The number of amides is 2. The zero-order valence-corrected chi connectivity index (χ0v) is 19.0. The maximum Gasteiger partial charge on any atom is 0.415 e. The lowest BCUT2D eigenvalue weighted by Gasteiger charge is -2.36. The van der Waals surface area contributed by atoms with Crippen molar-refractivity contribution < 1.29 is 18.8 Å². The minimum Gasteiger partial charge on any atom is -0.444 e. The van der Waals surface area contributed by atoms with Gasteiger partial charge >= 0.3 is 6.09 Å². The Morgan fingerprint density at radius 1 is 1.36 bits per heavy atom. The normalized spacial score (nSPS) is 20.0. The molecule has 1 atom stereocenters. The summed E-state index contributed by atoms with van der Waals surface area (Å²) in [6.45, 7) is 12.3. The van der Waals surface area contributed by atoms with Crippen LogP contribution >= 0.6 is 11.8 Å². The van der Waals surface area contributed by atoms with Crippen LogP contribution < -0.4 is 10.2 Å². The van der Waals surface area contributed by atoms with Gasteiger partial charge in [-0.25, -0.2) is 9.78 Å². The van der Waals surface area contributed by atoms with Gasteiger partial charge in [0.25, 0.3) is 0 Å². The lowest BCUT2D eigenvalue weighted by molar-refractivity contribution is -0.113. The number of carbonyl (C=O) groups is 2. The van der Waals surface area contributed by atoms with E-state index in [1.165, 1.54) is 16.7 Å². The van der Waals surface area contributed by atoms with E-state index in [0.717, 1.165) is 17.7 Å². The molecule has 2 aliphatic heterocycles. The Morgan fingerprint density at radius 2 is 2.11 bits per heavy atom. The summed E-state index contributed by atoms with van der Waals surface area (Å²) in [5.74, 6) is 1.33. The highest BCUT2D eigenvalue weighted by Gasteiger charge is 2.37. The highest BCUT2D eigenvalue weighted by atomic mass is 32.2. The van der Waals surface area contributed by atoms with Gasteiger partial charge in [-0.3, -0.25) is 9.69 Å². The maximum absolute atomic E-state index is 12.3. The van der Waals surface area contributed by atoms with Crippen molar-refractivity contribution in [1.82, 2.24) is 4.98 Å². The van der Waals surface area contributed by atoms with Gasteiger partial charge < -0.3 is 14.5 Å². The van der Waals surface area contributed by atoms with E-state index in [1.807, 2.05) is 6.07 Å². The first-order valence-electron chi connectivity index (χ1n) is 9.63. The number of aromatic nitrogens is 1. The van der Waals surface area contributed by atoms with Crippen molar-refractivity contribution >= 4 is 43.7 Å². The predicted molar refractivity (Wildman–Crippen MR) is 114 cm³/mol. The van der Waals surface area contributed by atoms with Crippen LogP contribution in [0.4, 0.5) is 16.4 Å². The fourth-order valence-electron chi connectivity index (χ4n) is 2.82. The van der Waals surface area contributed by atoms with E-state index < -0.39 is 14.4 Å². The van der Waals surface area contributed by atoms with Gasteiger partial charge in [-0.2, -0.15) is 0 Å². The summed E-state index contributed by atoms with van der Waals surface area (Å²) < 4.78 is 11.7. The molecule has 3 rings (SSSR count). The molecule has 0 radical (unpaired) electrons. The van der Waals surface area contributed by atoms with E-state index in [2.05, 4.69) is 44.2 Å². The van der Waals surface area contributed by atoms with Gasteiger partial charge in [0.2, 0.25) is 5.91 Å². The molecule has 1 saturated heterocycles. The Bertz CT molecular complexity index is 766. The van der Waals surface area contributed by atoms with Gasteiger partial charge in [-0.05, 0) is 43.1 Å². The number of hydrogen-bond donors (Lipinski definition) is 1. The monoisotopic (exact) mass is 423 g/mol.